The SMILES string of the molecule is NN(C(=O)C1CCCN1)C(=O)[C@@H]1CC[C@@H]2CN1C(=O)N2OS(=O)(=O)O.O=C(O)C(F)(F)F. The number of carboxylic acids is 1. The molecule has 4 amide bonds. The molecular formula is C14H20F3N5O9S. The number of nitrogens with zero attached hydrogens (tertiary/aromatic N) is 3. The number of piperidine rings is 1. The molecule has 0 saturated carbocycles. The fraction of sp³-hybridized carbons (Fsp3) is 0.714. The number of nitrogens with one attached hydrogen (secondary N) is 1. The standard InChI is InChI=1S/C12H19N5O7S.C2HF3O2/c13-16(10(18)8-2-1-5-14-8)11(19)9-4-3-7-6-15(9)12(20)17(7)24-25(21,22)23;3-2(4,5)1(6)7/h7-9,14H,1-6,13H2,(H,21,22,23);(H,6,7)/t7-,8?,9+;/m1./s1. The second-order valence-electron chi connectivity index (χ2n) is 7.01. The molecule has 32 heavy (non-hydrogen) atoms. The molecule has 2 bridgehead atoms. The van der Waals surface area contributed by atoms with E-state index in [9.17, 15) is 36.0 Å². The average molecular weight is 491 g/mol. The third-order valence-corrected chi connectivity index (χ3v) is 5.21. The summed E-state index contributed by atoms with van der Waals surface area (Å²) in [4.78, 5) is 47.0. The summed E-state index contributed by atoms with van der Waals surface area (Å²) < 4.78 is 66.5. The number of hydroxylamine groups is 2. The lowest BCUT2D eigenvalue weighted by Gasteiger charge is -2.31. The zero-order valence-electron chi connectivity index (χ0n) is 16.2. The Balaban J connectivity index is 0.000000451. The molecule has 14 nitrogen and oxygen atoms in total. The molecule has 3 fully saturated rings. The number of hydrazine groups is 1. The summed E-state index contributed by atoms with van der Waals surface area (Å²) >= 11 is 0. The number of carbonyl (C=O) groups is 4. The minimum atomic E-state index is -5.08. The van der Waals surface area contributed by atoms with Crippen LogP contribution in [-0.4, -0.2) is 94.3 Å². The van der Waals surface area contributed by atoms with Crippen molar-refractivity contribution in [1.82, 2.24) is 20.3 Å². The van der Waals surface area contributed by atoms with Crippen LogP contribution in [0.15, 0.2) is 0 Å². The van der Waals surface area contributed by atoms with Crippen molar-refractivity contribution in [2.24, 2.45) is 5.84 Å². The second kappa shape index (κ2) is 9.53. The number of hydrogen-bond donors (Lipinski definition) is 4. The number of hydrogen-bond acceptors (Lipinski definition) is 9. The molecule has 0 aromatic heterocycles. The summed E-state index contributed by atoms with van der Waals surface area (Å²) in [6.07, 6.45) is -3.25. The van der Waals surface area contributed by atoms with E-state index in [0.29, 0.717) is 23.0 Å². The normalized spacial score (nSPS) is 25.3. The summed E-state index contributed by atoms with van der Waals surface area (Å²) in [6.45, 7) is 0.699. The quantitative estimate of drug-likeness (QED) is 0.119. The van der Waals surface area contributed by atoms with Gasteiger partial charge in [0.25, 0.3) is 11.8 Å². The van der Waals surface area contributed by atoms with Crippen molar-refractivity contribution in [3.05, 3.63) is 0 Å². The zero-order valence-corrected chi connectivity index (χ0v) is 17.0. The smallest absolute Gasteiger partial charge is 0.475 e. The molecule has 3 saturated heterocycles. The molecule has 0 aromatic rings. The van der Waals surface area contributed by atoms with Gasteiger partial charge >= 0.3 is 28.6 Å². The molecule has 0 radical (unpaired) electrons. The Morgan fingerprint density at radius 3 is 2.25 bits per heavy atom. The molecule has 0 spiro atoms. The number of fused-ring (bicyclic) bond motifs is 2. The van der Waals surface area contributed by atoms with E-state index < -0.39 is 58.5 Å². The Morgan fingerprint density at radius 2 is 1.78 bits per heavy atom. The molecular weight excluding hydrogens is 471 g/mol. The molecule has 3 aliphatic rings. The number of halogens is 3. The van der Waals surface area contributed by atoms with Crippen molar-refractivity contribution < 1.29 is 54.7 Å². The molecule has 1 unspecified atom stereocenters. The summed E-state index contributed by atoms with van der Waals surface area (Å²) in [7, 11) is -4.86. The van der Waals surface area contributed by atoms with Gasteiger partial charge in [0, 0.05) is 6.54 Å². The van der Waals surface area contributed by atoms with Crippen LogP contribution in [0.1, 0.15) is 25.7 Å². The minimum absolute atomic E-state index is 0.0362. The maximum absolute atomic E-state index is 12.6. The molecule has 3 heterocycles. The summed E-state index contributed by atoms with van der Waals surface area (Å²) in [5.41, 5.74) is 0. The number of urea groups is 1. The van der Waals surface area contributed by atoms with E-state index in [2.05, 4.69) is 9.60 Å². The zero-order chi connectivity index (χ0) is 24.4. The number of nitrogens with two attached hydrogens (primary N) is 1. The van der Waals surface area contributed by atoms with Gasteiger partial charge in [0.1, 0.15) is 6.04 Å². The number of amides is 4. The Hall–Kier alpha value is -2.54. The number of carbonyl (C=O) groups excluding carboxylic acids is 3. The van der Waals surface area contributed by atoms with Gasteiger partial charge in [-0.2, -0.15) is 26.7 Å². The largest absolute Gasteiger partial charge is 0.490 e. The lowest BCUT2D eigenvalue weighted by atomic mass is 10.00. The first kappa shape index (κ1) is 25.7. The van der Waals surface area contributed by atoms with Gasteiger partial charge in [-0.25, -0.2) is 20.4 Å². The molecule has 18 heteroatoms. The third-order valence-electron chi connectivity index (χ3n) is 4.86. The fourth-order valence-electron chi connectivity index (χ4n) is 3.42. The van der Waals surface area contributed by atoms with Crippen LogP contribution >= 0.6 is 0 Å². The van der Waals surface area contributed by atoms with E-state index in [1.165, 1.54) is 0 Å². The minimum Gasteiger partial charge on any atom is -0.475 e. The Morgan fingerprint density at radius 1 is 1.19 bits per heavy atom. The van der Waals surface area contributed by atoms with Gasteiger partial charge in [0.05, 0.1) is 12.1 Å². The van der Waals surface area contributed by atoms with Crippen LogP contribution in [-0.2, 0) is 29.1 Å². The van der Waals surface area contributed by atoms with Crippen molar-refractivity contribution in [3.8, 4) is 0 Å². The summed E-state index contributed by atoms with van der Waals surface area (Å²) in [5.74, 6) is 1.60. The number of rotatable bonds is 4. The van der Waals surface area contributed by atoms with Crippen LogP contribution in [0.5, 0.6) is 0 Å². The fourth-order valence-corrected chi connectivity index (χ4v) is 3.81. The van der Waals surface area contributed by atoms with E-state index in [0.717, 1.165) is 11.3 Å². The third kappa shape index (κ3) is 6.03. The van der Waals surface area contributed by atoms with Crippen LogP contribution in [0, 0.1) is 0 Å². The van der Waals surface area contributed by atoms with E-state index in [4.69, 9.17) is 20.3 Å². The lowest BCUT2D eigenvalue weighted by Crippen LogP contribution is -2.58. The topological polar surface area (TPSA) is 200 Å². The van der Waals surface area contributed by atoms with Gasteiger partial charge in [0.2, 0.25) is 0 Å². The lowest BCUT2D eigenvalue weighted by molar-refractivity contribution is -0.192. The van der Waals surface area contributed by atoms with Gasteiger partial charge in [-0.1, -0.05) is 0 Å². The Bertz CT molecular complexity index is 878. The molecule has 182 valence electrons. The number of aliphatic carboxylic acids is 1. The van der Waals surface area contributed by atoms with E-state index >= 15 is 0 Å². The monoisotopic (exact) mass is 491 g/mol. The highest BCUT2D eigenvalue weighted by Gasteiger charge is 2.50. The first-order valence-electron chi connectivity index (χ1n) is 9.06. The van der Waals surface area contributed by atoms with Crippen molar-refractivity contribution >= 4 is 34.2 Å². The maximum Gasteiger partial charge on any atom is 0.490 e. The highest BCUT2D eigenvalue weighted by Crippen LogP contribution is 2.31. The van der Waals surface area contributed by atoms with Crippen LogP contribution in [0.4, 0.5) is 18.0 Å². The van der Waals surface area contributed by atoms with Crippen molar-refractivity contribution in [3.63, 3.8) is 0 Å². The second-order valence-corrected chi connectivity index (χ2v) is 8.01. The predicted octanol–water partition coefficient (Wildman–Crippen LogP) is -1.40. The molecule has 0 aliphatic carbocycles. The molecule has 0 aromatic carbocycles. The van der Waals surface area contributed by atoms with Gasteiger partial charge in [-0.05, 0) is 32.2 Å². The number of carboxylic acid groups (broad SMARTS) is 1. The predicted molar refractivity (Wildman–Crippen MR) is 94.1 cm³/mol. The van der Waals surface area contributed by atoms with Crippen LogP contribution in [0.2, 0.25) is 0 Å². The molecule has 3 rings (SSSR count). The van der Waals surface area contributed by atoms with Crippen LogP contribution in [0.3, 0.4) is 0 Å². The van der Waals surface area contributed by atoms with Crippen molar-refractivity contribution in [2.75, 3.05) is 13.1 Å². The van der Waals surface area contributed by atoms with Gasteiger partial charge < -0.3 is 15.3 Å². The van der Waals surface area contributed by atoms with Crippen LogP contribution < -0.4 is 11.2 Å². The number of alkyl halides is 3. The van der Waals surface area contributed by atoms with Crippen LogP contribution in [0.25, 0.3) is 0 Å². The summed E-state index contributed by atoms with van der Waals surface area (Å²) in [5, 5.41) is 11.1. The van der Waals surface area contributed by atoms with E-state index in [1.54, 1.807) is 0 Å². The van der Waals surface area contributed by atoms with E-state index in [-0.39, 0.29) is 19.4 Å². The maximum atomic E-state index is 12.6. The molecule has 5 N–H and O–H groups in total. The van der Waals surface area contributed by atoms with Gasteiger partial charge in [-0.15, -0.1) is 4.28 Å². The number of imide groups is 1. The first-order chi connectivity index (χ1) is 14.6. The highest BCUT2D eigenvalue weighted by molar-refractivity contribution is 7.80. The molecule has 3 atom stereocenters. The van der Waals surface area contributed by atoms with Crippen molar-refractivity contribution in [1.29, 1.82) is 0 Å². The first-order valence-corrected chi connectivity index (χ1v) is 10.4. The van der Waals surface area contributed by atoms with Crippen molar-refractivity contribution in [2.45, 2.75) is 50.0 Å². The Kier molecular flexibility index (Phi) is 7.66. The highest BCUT2D eigenvalue weighted by atomic mass is 32.3. The van der Waals surface area contributed by atoms with Gasteiger partial charge in [-0.3, -0.25) is 14.1 Å². The summed E-state index contributed by atoms with van der Waals surface area (Å²) in [6, 6.07) is -3.01. The van der Waals surface area contributed by atoms with E-state index in [1.807, 2.05) is 0 Å². The Labute approximate surface area is 178 Å². The van der Waals surface area contributed by atoms with Gasteiger partial charge in [0.15, 0.2) is 0 Å². The molecule has 3 aliphatic heterocycles. The average Bonchev–Trinajstić information content (AvgIpc) is 3.29.